The summed E-state index contributed by atoms with van der Waals surface area (Å²) >= 11 is 12.4. The number of aromatic nitrogens is 3. The molecule has 0 saturated heterocycles. The molecular weight excluding hydrogens is 305 g/mol. The van der Waals surface area contributed by atoms with Gasteiger partial charge in [0.15, 0.2) is 5.15 Å². The Hall–Kier alpha value is -2.10. The first kappa shape index (κ1) is 12.6. The lowest BCUT2D eigenvalue weighted by Gasteiger charge is -2.04. The second-order valence-corrected chi connectivity index (χ2v) is 5.54. The molecular formula is C16H9Cl2N3. The SMILES string of the molecule is Clc1ccc2[nH]cc(-c3nc4ccccc4nc3Cl)c2c1. The van der Waals surface area contributed by atoms with Crippen molar-refractivity contribution in [2.45, 2.75) is 0 Å². The lowest BCUT2D eigenvalue weighted by atomic mass is 10.1. The largest absolute Gasteiger partial charge is 0.360 e. The summed E-state index contributed by atoms with van der Waals surface area (Å²) < 4.78 is 0. The van der Waals surface area contributed by atoms with E-state index < -0.39 is 0 Å². The quantitative estimate of drug-likeness (QED) is 0.532. The molecule has 0 aliphatic carbocycles. The van der Waals surface area contributed by atoms with Crippen molar-refractivity contribution in [3.8, 4) is 11.3 Å². The number of nitrogens with zero attached hydrogens (tertiary/aromatic N) is 2. The van der Waals surface area contributed by atoms with Gasteiger partial charge < -0.3 is 4.98 Å². The van der Waals surface area contributed by atoms with Crippen LogP contribution in [-0.2, 0) is 0 Å². The van der Waals surface area contributed by atoms with Crippen LogP contribution in [0.1, 0.15) is 0 Å². The molecule has 0 aliphatic rings. The van der Waals surface area contributed by atoms with Crippen LogP contribution in [0.15, 0.2) is 48.7 Å². The van der Waals surface area contributed by atoms with Crippen LogP contribution in [0.25, 0.3) is 33.2 Å². The summed E-state index contributed by atoms with van der Waals surface area (Å²) in [5.74, 6) is 0. The van der Waals surface area contributed by atoms with Crippen LogP contribution >= 0.6 is 23.2 Å². The minimum atomic E-state index is 0.384. The Bertz CT molecular complexity index is 976. The molecule has 0 amide bonds. The van der Waals surface area contributed by atoms with Crippen molar-refractivity contribution in [3.05, 3.63) is 58.8 Å². The predicted molar refractivity (Wildman–Crippen MR) is 86.9 cm³/mol. The van der Waals surface area contributed by atoms with Gasteiger partial charge in [-0.15, -0.1) is 0 Å². The van der Waals surface area contributed by atoms with E-state index in [1.54, 1.807) is 0 Å². The molecule has 4 rings (SSSR count). The zero-order chi connectivity index (χ0) is 14.4. The lowest BCUT2D eigenvalue weighted by molar-refractivity contribution is 1.29. The van der Waals surface area contributed by atoms with Crippen LogP contribution in [0, 0.1) is 0 Å². The Balaban J connectivity index is 2.03. The maximum atomic E-state index is 6.31. The number of benzene rings is 2. The minimum absolute atomic E-state index is 0.384. The van der Waals surface area contributed by atoms with Gasteiger partial charge in [0.2, 0.25) is 0 Å². The van der Waals surface area contributed by atoms with Gasteiger partial charge in [-0.3, -0.25) is 0 Å². The van der Waals surface area contributed by atoms with Crippen LogP contribution in [0.5, 0.6) is 0 Å². The molecule has 0 unspecified atom stereocenters. The molecule has 21 heavy (non-hydrogen) atoms. The van der Waals surface area contributed by atoms with E-state index in [1.807, 2.05) is 48.7 Å². The first-order valence-electron chi connectivity index (χ1n) is 6.42. The molecule has 0 aliphatic heterocycles. The highest BCUT2D eigenvalue weighted by atomic mass is 35.5. The van der Waals surface area contributed by atoms with Crippen molar-refractivity contribution >= 4 is 45.1 Å². The average molecular weight is 314 g/mol. The molecule has 0 fully saturated rings. The molecule has 2 aromatic carbocycles. The standard InChI is InChI=1S/C16H9Cl2N3/c17-9-5-6-12-10(7-9)11(8-19-12)15-16(18)21-14-4-2-1-3-13(14)20-15/h1-8,19H. The van der Waals surface area contributed by atoms with Crippen molar-refractivity contribution in [1.82, 2.24) is 15.0 Å². The van der Waals surface area contributed by atoms with Crippen LogP contribution in [0.2, 0.25) is 10.2 Å². The number of para-hydroxylation sites is 2. The first-order chi connectivity index (χ1) is 10.2. The highest BCUT2D eigenvalue weighted by Gasteiger charge is 2.13. The average Bonchev–Trinajstić information content (AvgIpc) is 2.89. The van der Waals surface area contributed by atoms with Crippen molar-refractivity contribution in [2.24, 2.45) is 0 Å². The van der Waals surface area contributed by atoms with Crippen LogP contribution < -0.4 is 0 Å². The molecule has 2 aromatic heterocycles. The van der Waals surface area contributed by atoms with E-state index in [0.717, 1.165) is 27.5 Å². The second kappa shape index (κ2) is 4.72. The molecule has 0 atom stereocenters. The number of hydrogen-bond donors (Lipinski definition) is 1. The molecule has 0 saturated carbocycles. The maximum Gasteiger partial charge on any atom is 0.156 e. The smallest absolute Gasteiger partial charge is 0.156 e. The zero-order valence-electron chi connectivity index (χ0n) is 10.8. The zero-order valence-corrected chi connectivity index (χ0v) is 12.3. The van der Waals surface area contributed by atoms with Crippen LogP contribution in [0.3, 0.4) is 0 Å². The lowest BCUT2D eigenvalue weighted by Crippen LogP contribution is -1.90. The first-order valence-corrected chi connectivity index (χ1v) is 7.17. The van der Waals surface area contributed by atoms with Crippen molar-refractivity contribution < 1.29 is 0 Å². The molecule has 102 valence electrons. The van der Waals surface area contributed by atoms with Crippen molar-refractivity contribution in [3.63, 3.8) is 0 Å². The van der Waals surface area contributed by atoms with Gasteiger partial charge in [-0.1, -0.05) is 35.3 Å². The molecule has 3 nitrogen and oxygen atoms in total. The van der Waals surface area contributed by atoms with E-state index in [0.29, 0.717) is 15.9 Å². The third-order valence-electron chi connectivity index (χ3n) is 3.43. The number of H-pyrrole nitrogens is 1. The van der Waals surface area contributed by atoms with E-state index in [-0.39, 0.29) is 0 Å². The van der Waals surface area contributed by atoms with Gasteiger partial charge in [-0.05, 0) is 30.3 Å². The Morgan fingerprint density at radius 3 is 2.48 bits per heavy atom. The molecule has 2 heterocycles. The Labute approximate surface area is 130 Å². The fraction of sp³-hybridized carbons (Fsp3) is 0. The van der Waals surface area contributed by atoms with Crippen molar-refractivity contribution in [2.75, 3.05) is 0 Å². The van der Waals surface area contributed by atoms with Gasteiger partial charge in [-0.25, -0.2) is 9.97 Å². The fourth-order valence-electron chi connectivity index (χ4n) is 2.44. The van der Waals surface area contributed by atoms with Gasteiger partial charge >= 0.3 is 0 Å². The molecule has 0 radical (unpaired) electrons. The molecule has 5 heteroatoms. The third kappa shape index (κ3) is 2.06. The molecule has 4 aromatic rings. The highest BCUT2D eigenvalue weighted by Crippen LogP contribution is 2.33. The van der Waals surface area contributed by atoms with Crippen LogP contribution in [0.4, 0.5) is 0 Å². The summed E-state index contributed by atoms with van der Waals surface area (Å²) in [4.78, 5) is 12.3. The number of hydrogen-bond acceptors (Lipinski definition) is 2. The van der Waals surface area contributed by atoms with E-state index >= 15 is 0 Å². The van der Waals surface area contributed by atoms with E-state index in [9.17, 15) is 0 Å². The Kier molecular flexibility index (Phi) is 2.84. The molecule has 0 bridgehead atoms. The summed E-state index contributed by atoms with van der Waals surface area (Å²) in [6.45, 7) is 0. The number of fused-ring (bicyclic) bond motifs is 2. The summed E-state index contributed by atoms with van der Waals surface area (Å²) in [7, 11) is 0. The molecule has 1 N–H and O–H groups in total. The predicted octanol–water partition coefficient (Wildman–Crippen LogP) is 5.08. The Morgan fingerprint density at radius 1 is 0.905 bits per heavy atom. The summed E-state index contributed by atoms with van der Waals surface area (Å²) in [5.41, 5.74) is 4.14. The summed E-state index contributed by atoms with van der Waals surface area (Å²) in [6, 6.07) is 13.3. The van der Waals surface area contributed by atoms with Crippen molar-refractivity contribution in [1.29, 1.82) is 0 Å². The normalized spacial score (nSPS) is 11.3. The van der Waals surface area contributed by atoms with E-state index in [2.05, 4.69) is 15.0 Å². The fourth-order valence-corrected chi connectivity index (χ4v) is 2.85. The van der Waals surface area contributed by atoms with Gasteiger partial charge in [0, 0.05) is 27.7 Å². The number of rotatable bonds is 1. The molecule has 0 spiro atoms. The summed E-state index contributed by atoms with van der Waals surface area (Å²) in [5, 5.41) is 2.04. The van der Waals surface area contributed by atoms with Crippen LogP contribution in [-0.4, -0.2) is 15.0 Å². The number of halogens is 2. The Morgan fingerprint density at radius 2 is 1.67 bits per heavy atom. The van der Waals surface area contributed by atoms with Gasteiger partial charge in [0.05, 0.1) is 11.0 Å². The monoisotopic (exact) mass is 313 g/mol. The third-order valence-corrected chi connectivity index (χ3v) is 3.93. The van der Waals surface area contributed by atoms with Gasteiger partial charge in [0.1, 0.15) is 5.69 Å². The number of aromatic amines is 1. The van der Waals surface area contributed by atoms with Gasteiger partial charge in [-0.2, -0.15) is 0 Å². The topological polar surface area (TPSA) is 41.6 Å². The maximum absolute atomic E-state index is 6.31. The minimum Gasteiger partial charge on any atom is -0.360 e. The van der Waals surface area contributed by atoms with E-state index in [1.165, 1.54) is 0 Å². The number of nitrogens with one attached hydrogen (secondary N) is 1. The summed E-state index contributed by atoms with van der Waals surface area (Å²) in [6.07, 6.45) is 1.88. The van der Waals surface area contributed by atoms with E-state index in [4.69, 9.17) is 23.2 Å². The second-order valence-electron chi connectivity index (χ2n) is 4.74. The highest BCUT2D eigenvalue weighted by molar-refractivity contribution is 6.33. The van der Waals surface area contributed by atoms with Gasteiger partial charge in [0.25, 0.3) is 0 Å².